The normalized spacial score (nSPS) is 20.0. The fourth-order valence-electron chi connectivity index (χ4n) is 2.03. The molecule has 1 unspecified atom stereocenters. The van der Waals surface area contributed by atoms with Crippen molar-refractivity contribution in [1.29, 1.82) is 0 Å². The van der Waals surface area contributed by atoms with E-state index in [1.807, 2.05) is 0 Å². The standard InChI is InChI=1S/C12H16BrFN2O2S2/c13-9-5-12(11(15)6-10(9)14)20(17,18)16-7-8-3-1-2-4-19-8/h5-6,8,16H,1-4,7,15H2. The molecule has 1 fully saturated rings. The molecule has 0 aromatic heterocycles. The van der Waals surface area contributed by atoms with Crippen LogP contribution >= 0.6 is 27.7 Å². The summed E-state index contributed by atoms with van der Waals surface area (Å²) in [6.45, 7) is 0.376. The fourth-order valence-corrected chi connectivity index (χ4v) is 5.08. The van der Waals surface area contributed by atoms with Crippen molar-refractivity contribution in [3.63, 3.8) is 0 Å². The highest BCUT2D eigenvalue weighted by atomic mass is 79.9. The first-order valence-electron chi connectivity index (χ1n) is 6.26. The van der Waals surface area contributed by atoms with Crippen LogP contribution in [0.15, 0.2) is 21.5 Å². The molecule has 112 valence electrons. The Balaban J connectivity index is 2.11. The Hall–Kier alpha value is -0.310. The van der Waals surface area contributed by atoms with Gasteiger partial charge < -0.3 is 5.73 Å². The number of nitrogens with one attached hydrogen (secondary N) is 1. The first-order valence-corrected chi connectivity index (χ1v) is 9.58. The summed E-state index contributed by atoms with van der Waals surface area (Å²) in [7, 11) is -3.71. The molecule has 1 aliphatic rings. The van der Waals surface area contributed by atoms with Crippen LogP contribution < -0.4 is 10.5 Å². The van der Waals surface area contributed by atoms with Crippen LogP contribution in [0.25, 0.3) is 0 Å². The van der Waals surface area contributed by atoms with Gasteiger partial charge in [-0.25, -0.2) is 17.5 Å². The number of hydrogen-bond acceptors (Lipinski definition) is 4. The average molecular weight is 383 g/mol. The molecule has 8 heteroatoms. The van der Waals surface area contributed by atoms with E-state index in [2.05, 4.69) is 20.7 Å². The largest absolute Gasteiger partial charge is 0.398 e. The molecule has 1 heterocycles. The summed E-state index contributed by atoms with van der Waals surface area (Å²) < 4.78 is 40.4. The zero-order chi connectivity index (χ0) is 14.8. The highest BCUT2D eigenvalue weighted by Gasteiger charge is 2.22. The Morgan fingerprint density at radius 2 is 2.20 bits per heavy atom. The molecule has 3 N–H and O–H groups in total. The van der Waals surface area contributed by atoms with E-state index in [0.29, 0.717) is 11.8 Å². The van der Waals surface area contributed by atoms with E-state index in [9.17, 15) is 12.8 Å². The molecular weight excluding hydrogens is 367 g/mol. The lowest BCUT2D eigenvalue weighted by Crippen LogP contribution is -2.32. The number of anilines is 1. The lowest BCUT2D eigenvalue weighted by Gasteiger charge is -2.21. The van der Waals surface area contributed by atoms with Crippen LogP contribution in [0.1, 0.15) is 19.3 Å². The number of hydrogen-bond donors (Lipinski definition) is 2. The van der Waals surface area contributed by atoms with Crippen molar-refractivity contribution in [1.82, 2.24) is 4.72 Å². The van der Waals surface area contributed by atoms with Gasteiger partial charge in [-0.2, -0.15) is 11.8 Å². The Morgan fingerprint density at radius 1 is 1.45 bits per heavy atom. The van der Waals surface area contributed by atoms with E-state index in [1.54, 1.807) is 11.8 Å². The third-order valence-electron chi connectivity index (χ3n) is 3.12. The van der Waals surface area contributed by atoms with Gasteiger partial charge in [-0.3, -0.25) is 0 Å². The van der Waals surface area contributed by atoms with Gasteiger partial charge in [0.1, 0.15) is 10.7 Å². The summed E-state index contributed by atoms with van der Waals surface area (Å²) in [6, 6.07) is 2.20. The number of nitrogens with two attached hydrogens (primary N) is 1. The van der Waals surface area contributed by atoms with Crippen molar-refractivity contribution >= 4 is 43.4 Å². The van der Waals surface area contributed by atoms with Gasteiger partial charge in [0.25, 0.3) is 0 Å². The third-order valence-corrected chi connectivity index (χ3v) is 6.60. The van der Waals surface area contributed by atoms with E-state index < -0.39 is 15.8 Å². The minimum absolute atomic E-state index is 0.0825. The van der Waals surface area contributed by atoms with Gasteiger partial charge in [0, 0.05) is 11.8 Å². The van der Waals surface area contributed by atoms with Crippen LogP contribution in [0.2, 0.25) is 0 Å². The van der Waals surface area contributed by atoms with E-state index in [0.717, 1.165) is 24.7 Å². The highest BCUT2D eigenvalue weighted by Crippen LogP contribution is 2.27. The van der Waals surface area contributed by atoms with Gasteiger partial charge in [-0.1, -0.05) is 6.42 Å². The van der Waals surface area contributed by atoms with Crippen molar-refractivity contribution in [2.24, 2.45) is 0 Å². The maximum atomic E-state index is 13.3. The number of thioether (sulfide) groups is 1. The molecule has 0 bridgehead atoms. The van der Waals surface area contributed by atoms with Crippen LogP contribution in [0.3, 0.4) is 0 Å². The quantitative estimate of drug-likeness (QED) is 0.785. The molecule has 1 aliphatic heterocycles. The van der Waals surface area contributed by atoms with Gasteiger partial charge in [0.2, 0.25) is 10.0 Å². The SMILES string of the molecule is Nc1cc(F)c(Br)cc1S(=O)(=O)NCC1CCCCS1. The first-order chi connectivity index (χ1) is 9.40. The molecule has 0 radical (unpaired) electrons. The Morgan fingerprint density at radius 3 is 2.85 bits per heavy atom. The fraction of sp³-hybridized carbons (Fsp3) is 0.500. The minimum Gasteiger partial charge on any atom is -0.398 e. The van der Waals surface area contributed by atoms with Crippen LogP contribution in [0.4, 0.5) is 10.1 Å². The van der Waals surface area contributed by atoms with E-state index in [4.69, 9.17) is 5.73 Å². The summed E-state index contributed by atoms with van der Waals surface area (Å²) >= 11 is 4.75. The summed E-state index contributed by atoms with van der Waals surface area (Å²) in [5.41, 5.74) is 5.51. The smallest absolute Gasteiger partial charge is 0.242 e. The summed E-state index contributed by atoms with van der Waals surface area (Å²) in [6.07, 6.45) is 3.32. The molecule has 0 aliphatic carbocycles. The molecule has 4 nitrogen and oxygen atoms in total. The zero-order valence-electron chi connectivity index (χ0n) is 10.7. The summed E-state index contributed by atoms with van der Waals surface area (Å²) in [5, 5.41) is 0.295. The second-order valence-electron chi connectivity index (χ2n) is 4.64. The zero-order valence-corrected chi connectivity index (χ0v) is 14.0. The van der Waals surface area contributed by atoms with Gasteiger partial charge in [-0.15, -0.1) is 0 Å². The maximum absolute atomic E-state index is 13.3. The molecular formula is C12H16BrFN2O2S2. The number of rotatable bonds is 4. The number of sulfonamides is 1. The monoisotopic (exact) mass is 382 g/mol. The Kier molecular flexibility index (Phi) is 5.33. The van der Waals surface area contributed by atoms with Crippen LogP contribution in [0.5, 0.6) is 0 Å². The molecule has 0 spiro atoms. The maximum Gasteiger partial charge on any atom is 0.242 e. The second-order valence-corrected chi connectivity index (χ2v) is 8.64. The van der Waals surface area contributed by atoms with E-state index >= 15 is 0 Å². The predicted octanol–water partition coefficient (Wildman–Crippen LogP) is 2.73. The molecule has 0 saturated carbocycles. The van der Waals surface area contributed by atoms with Gasteiger partial charge in [-0.05, 0) is 46.7 Å². The lowest BCUT2D eigenvalue weighted by molar-refractivity contribution is 0.573. The Labute approximate surface area is 130 Å². The lowest BCUT2D eigenvalue weighted by atomic mass is 10.2. The van der Waals surface area contributed by atoms with E-state index in [-0.39, 0.29) is 15.1 Å². The topological polar surface area (TPSA) is 72.2 Å². The predicted molar refractivity (Wildman–Crippen MR) is 83.8 cm³/mol. The van der Waals surface area contributed by atoms with E-state index in [1.165, 1.54) is 12.5 Å². The van der Waals surface area contributed by atoms with Crippen molar-refractivity contribution in [2.45, 2.75) is 29.4 Å². The number of nitrogen functional groups attached to an aromatic ring is 1. The number of benzene rings is 1. The second kappa shape index (κ2) is 6.64. The van der Waals surface area contributed by atoms with Crippen LogP contribution in [-0.2, 0) is 10.0 Å². The molecule has 2 rings (SSSR count). The summed E-state index contributed by atoms with van der Waals surface area (Å²) in [5.74, 6) is 0.487. The molecule has 1 saturated heterocycles. The van der Waals surface area contributed by atoms with Crippen molar-refractivity contribution in [3.05, 3.63) is 22.4 Å². The third kappa shape index (κ3) is 3.87. The first kappa shape index (κ1) is 16.1. The van der Waals surface area contributed by atoms with Gasteiger partial charge in [0.05, 0.1) is 10.2 Å². The minimum atomic E-state index is -3.71. The number of halogens is 2. The summed E-state index contributed by atoms with van der Waals surface area (Å²) in [4.78, 5) is -0.0911. The highest BCUT2D eigenvalue weighted by molar-refractivity contribution is 9.10. The van der Waals surface area contributed by atoms with Gasteiger partial charge in [0.15, 0.2) is 0 Å². The van der Waals surface area contributed by atoms with Crippen LogP contribution in [0, 0.1) is 5.82 Å². The molecule has 1 atom stereocenters. The van der Waals surface area contributed by atoms with Gasteiger partial charge >= 0.3 is 0 Å². The van der Waals surface area contributed by atoms with Crippen molar-refractivity contribution in [2.75, 3.05) is 18.0 Å². The molecule has 20 heavy (non-hydrogen) atoms. The molecule has 0 amide bonds. The molecule has 1 aromatic carbocycles. The molecule has 1 aromatic rings. The van der Waals surface area contributed by atoms with Crippen LogP contribution in [-0.4, -0.2) is 26.0 Å². The Bertz CT molecular complexity index is 589. The average Bonchev–Trinajstić information content (AvgIpc) is 2.42. The van der Waals surface area contributed by atoms with Crippen molar-refractivity contribution < 1.29 is 12.8 Å². The van der Waals surface area contributed by atoms with Crippen molar-refractivity contribution in [3.8, 4) is 0 Å².